The van der Waals surface area contributed by atoms with Crippen LogP contribution in [-0.4, -0.2) is 39.7 Å². The maximum atomic E-state index is 10.2. The van der Waals surface area contributed by atoms with Gasteiger partial charge in [-0.15, -0.1) is 0 Å². The molecular weight excluding hydrogens is 264 g/mol. The molecule has 2 aromatic rings. The smallest absolute Gasteiger partial charge is 0.0991 e. The van der Waals surface area contributed by atoms with E-state index in [4.69, 9.17) is 5.26 Å². The third kappa shape index (κ3) is 4.71. The van der Waals surface area contributed by atoms with Crippen molar-refractivity contribution in [1.82, 2.24) is 14.5 Å². The fourth-order valence-corrected chi connectivity index (χ4v) is 2.21. The second-order valence-electron chi connectivity index (χ2n) is 5.17. The predicted molar refractivity (Wildman–Crippen MR) is 80.5 cm³/mol. The van der Waals surface area contributed by atoms with Crippen molar-refractivity contribution >= 4 is 0 Å². The van der Waals surface area contributed by atoms with Crippen LogP contribution < -0.4 is 0 Å². The summed E-state index contributed by atoms with van der Waals surface area (Å²) in [5, 5.41) is 19.0. The van der Waals surface area contributed by atoms with E-state index >= 15 is 0 Å². The fraction of sp³-hybridized carbons (Fsp3) is 0.375. The Kier molecular flexibility index (Phi) is 5.50. The van der Waals surface area contributed by atoms with Crippen molar-refractivity contribution in [3.63, 3.8) is 0 Å². The Morgan fingerprint density at radius 1 is 1.38 bits per heavy atom. The lowest BCUT2D eigenvalue weighted by atomic mass is 10.1. The lowest BCUT2D eigenvalue weighted by Crippen LogP contribution is -2.26. The van der Waals surface area contributed by atoms with Gasteiger partial charge in [-0.25, -0.2) is 4.98 Å². The van der Waals surface area contributed by atoms with Gasteiger partial charge in [0.05, 0.1) is 24.1 Å². The molecule has 0 radical (unpaired) electrons. The van der Waals surface area contributed by atoms with Gasteiger partial charge in [-0.05, 0) is 37.7 Å². The molecule has 1 unspecified atom stereocenters. The number of aryl methyl sites for hydroxylation is 1. The number of rotatable bonds is 7. The number of likely N-dealkylation sites (N-methyl/N-ethyl adjacent to an activating group) is 1. The van der Waals surface area contributed by atoms with Crippen molar-refractivity contribution in [2.75, 3.05) is 20.1 Å². The molecule has 0 spiro atoms. The molecule has 0 bridgehead atoms. The highest BCUT2D eigenvalue weighted by Crippen LogP contribution is 2.14. The van der Waals surface area contributed by atoms with Crippen LogP contribution in [0.2, 0.25) is 0 Å². The Balaban J connectivity index is 1.75. The zero-order valence-electron chi connectivity index (χ0n) is 12.2. The molecule has 110 valence electrons. The minimum atomic E-state index is -0.531. The Morgan fingerprint density at radius 2 is 2.14 bits per heavy atom. The van der Waals surface area contributed by atoms with Crippen molar-refractivity contribution in [2.24, 2.45) is 0 Å². The van der Waals surface area contributed by atoms with E-state index in [1.807, 2.05) is 36.3 Å². The molecular formula is C16H20N4O. The molecule has 0 saturated heterocycles. The fourth-order valence-electron chi connectivity index (χ4n) is 2.21. The summed E-state index contributed by atoms with van der Waals surface area (Å²) in [6.45, 7) is 2.42. The first-order valence-electron chi connectivity index (χ1n) is 7.01. The summed E-state index contributed by atoms with van der Waals surface area (Å²) in [7, 11) is 2.00. The number of nitrogens with zero attached hydrogens (tertiary/aromatic N) is 4. The average molecular weight is 284 g/mol. The normalized spacial score (nSPS) is 12.3. The first-order chi connectivity index (χ1) is 10.2. The van der Waals surface area contributed by atoms with Gasteiger partial charge in [0.1, 0.15) is 0 Å². The Morgan fingerprint density at radius 3 is 2.76 bits per heavy atom. The first-order valence-corrected chi connectivity index (χ1v) is 7.01. The van der Waals surface area contributed by atoms with Gasteiger partial charge in [0, 0.05) is 25.5 Å². The van der Waals surface area contributed by atoms with Crippen molar-refractivity contribution in [3.05, 3.63) is 54.1 Å². The van der Waals surface area contributed by atoms with Gasteiger partial charge in [0.25, 0.3) is 0 Å². The third-order valence-electron chi connectivity index (χ3n) is 3.42. The second-order valence-corrected chi connectivity index (χ2v) is 5.17. The molecule has 0 saturated carbocycles. The zero-order chi connectivity index (χ0) is 15.1. The number of aromatic nitrogens is 2. The SMILES string of the molecule is CN(CCCn1ccnc1)CC(O)c1ccc(C#N)cc1. The molecule has 1 heterocycles. The van der Waals surface area contributed by atoms with Gasteiger partial charge in [-0.3, -0.25) is 0 Å². The predicted octanol–water partition coefficient (Wildman–Crippen LogP) is 1.81. The van der Waals surface area contributed by atoms with Crippen LogP contribution >= 0.6 is 0 Å². The minimum Gasteiger partial charge on any atom is -0.387 e. The largest absolute Gasteiger partial charge is 0.387 e. The summed E-state index contributed by atoms with van der Waals surface area (Å²) >= 11 is 0. The molecule has 1 aromatic carbocycles. The number of aliphatic hydroxyl groups is 1. The van der Waals surface area contributed by atoms with Gasteiger partial charge < -0.3 is 14.6 Å². The van der Waals surface area contributed by atoms with Crippen LogP contribution in [0.15, 0.2) is 43.0 Å². The number of imidazole rings is 1. The van der Waals surface area contributed by atoms with E-state index in [9.17, 15) is 5.11 Å². The van der Waals surface area contributed by atoms with Gasteiger partial charge in [0.15, 0.2) is 0 Å². The van der Waals surface area contributed by atoms with Crippen molar-refractivity contribution in [2.45, 2.75) is 19.1 Å². The van der Waals surface area contributed by atoms with Crippen LogP contribution in [0, 0.1) is 11.3 Å². The molecule has 0 aliphatic heterocycles. The first kappa shape index (κ1) is 15.2. The highest BCUT2D eigenvalue weighted by molar-refractivity contribution is 5.32. The van der Waals surface area contributed by atoms with Gasteiger partial charge in [-0.2, -0.15) is 5.26 Å². The molecule has 21 heavy (non-hydrogen) atoms. The van der Waals surface area contributed by atoms with Gasteiger partial charge in [0.2, 0.25) is 0 Å². The van der Waals surface area contributed by atoms with Crippen molar-refractivity contribution in [3.8, 4) is 6.07 Å². The van der Waals surface area contributed by atoms with Crippen LogP contribution in [0.4, 0.5) is 0 Å². The molecule has 1 aromatic heterocycles. The molecule has 0 aliphatic carbocycles. The van der Waals surface area contributed by atoms with Crippen LogP contribution in [0.1, 0.15) is 23.7 Å². The van der Waals surface area contributed by atoms with E-state index in [1.54, 1.807) is 18.3 Å². The maximum Gasteiger partial charge on any atom is 0.0991 e. The Hall–Kier alpha value is -2.16. The molecule has 5 heteroatoms. The van der Waals surface area contributed by atoms with Crippen LogP contribution in [0.25, 0.3) is 0 Å². The third-order valence-corrected chi connectivity index (χ3v) is 3.42. The maximum absolute atomic E-state index is 10.2. The second kappa shape index (κ2) is 7.58. The molecule has 5 nitrogen and oxygen atoms in total. The molecule has 1 N–H and O–H groups in total. The Labute approximate surface area is 125 Å². The minimum absolute atomic E-state index is 0.531. The van der Waals surface area contributed by atoms with E-state index in [0.29, 0.717) is 12.1 Å². The van der Waals surface area contributed by atoms with Gasteiger partial charge >= 0.3 is 0 Å². The monoisotopic (exact) mass is 284 g/mol. The number of nitriles is 1. The van der Waals surface area contributed by atoms with Crippen LogP contribution in [0.3, 0.4) is 0 Å². The summed E-state index contributed by atoms with van der Waals surface area (Å²) in [4.78, 5) is 6.12. The van der Waals surface area contributed by atoms with E-state index in [2.05, 4.69) is 16.0 Å². The number of hydrogen-bond acceptors (Lipinski definition) is 4. The average Bonchev–Trinajstić information content (AvgIpc) is 3.00. The quantitative estimate of drug-likeness (QED) is 0.842. The summed E-state index contributed by atoms with van der Waals surface area (Å²) in [5.41, 5.74) is 1.45. The van der Waals surface area contributed by atoms with E-state index in [1.165, 1.54) is 0 Å². The summed E-state index contributed by atoms with van der Waals surface area (Å²) in [5.74, 6) is 0. The molecule has 0 amide bonds. The van der Waals surface area contributed by atoms with Crippen molar-refractivity contribution < 1.29 is 5.11 Å². The standard InChI is InChI=1S/C16H20N4O/c1-19(8-2-9-20-10-7-18-13-20)12-16(21)15-5-3-14(11-17)4-6-15/h3-7,10,13,16,21H,2,8-9,12H2,1H3. The number of aliphatic hydroxyl groups excluding tert-OH is 1. The summed E-state index contributed by atoms with van der Waals surface area (Å²) < 4.78 is 2.05. The van der Waals surface area contributed by atoms with Crippen molar-refractivity contribution in [1.29, 1.82) is 5.26 Å². The van der Waals surface area contributed by atoms with E-state index in [0.717, 1.165) is 25.1 Å². The Bertz CT molecular complexity index is 571. The highest BCUT2D eigenvalue weighted by Gasteiger charge is 2.10. The van der Waals surface area contributed by atoms with E-state index in [-0.39, 0.29) is 0 Å². The van der Waals surface area contributed by atoms with Gasteiger partial charge in [-0.1, -0.05) is 12.1 Å². The van der Waals surface area contributed by atoms with Crippen LogP contribution in [-0.2, 0) is 6.54 Å². The number of hydrogen-bond donors (Lipinski definition) is 1. The molecule has 0 aliphatic rings. The van der Waals surface area contributed by atoms with E-state index < -0.39 is 6.10 Å². The summed E-state index contributed by atoms with van der Waals surface area (Å²) in [6, 6.07) is 9.16. The lowest BCUT2D eigenvalue weighted by molar-refractivity contribution is 0.125. The summed E-state index contributed by atoms with van der Waals surface area (Å²) in [6.07, 6.45) is 6.01. The zero-order valence-corrected chi connectivity index (χ0v) is 12.2. The lowest BCUT2D eigenvalue weighted by Gasteiger charge is -2.20. The topological polar surface area (TPSA) is 65.1 Å². The molecule has 0 fully saturated rings. The molecule has 1 atom stereocenters. The molecule has 2 rings (SSSR count). The number of benzene rings is 1. The highest BCUT2D eigenvalue weighted by atomic mass is 16.3. The van der Waals surface area contributed by atoms with Crippen LogP contribution in [0.5, 0.6) is 0 Å².